The summed E-state index contributed by atoms with van der Waals surface area (Å²) < 4.78 is 12.3. The van der Waals surface area contributed by atoms with Crippen molar-refractivity contribution in [2.24, 2.45) is 29.8 Å². The first-order chi connectivity index (χ1) is 49.7. The molecule has 10 aromatic carbocycles. The lowest BCUT2D eigenvalue weighted by molar-refractivity contribution is -0.132. The lowest BCUT2D eigenvalue weighted by Gasteiger charge is -2.37. The molecule has 0 unspecified atom stereocenters. The fraction of sp³-hybridized carbons (Fsp3) is 0.126. The van der Waals surface area contributed by atoms with Crippen molar-refractivity contribution in [3.05, 3.63) is 380 Å². The fourth-order valence-corrected chi connectivity index (χ4v) is 14.1. The van der Waals surface area contributed by atoms with Gasteiger partial charge in [-0.2, -0.15) is 10.2 Å². The maximum absolute atomic E-state index is 13.6. The van der Waals surface area contributed by atoms with Crippen molar-refractivity contribution < 1.29 is 14.3 Å². The van der Waals surface area contributed by atoms with Crippen LogP contribution in [0.5, 0.6) is 0 Å². The number of hydrogen-bond acceptors (Lipinski definition) is 10. The molecule has 16 rings (SSSR count). The average molecular weight is 1340 g/mol. The van der Waals surface area contributed by atoms with Crippen LogP contribution in [0.3, 0.4) is 0 Å². The van der Waals surface area contributed by atoms with Crippen LogP contribution in [0, 0.1) is 0 Å². The monoisotopic (exact) mass is 1340 g/mol. The van der Waals surface area contributed by atoms with Crippen LogP contribution in [0.15, 0.2) is 323 Å². The first kappa shape index (κ1) is 66.5. The number of methoxy groups -OCH3 is 1. The second-order valence-electron chi connectivity index (χ2n) is 25.6. The number of fused-ring (bicyclic) bond motifs is 4. The number of aryl methyl sites for hydroxylation is 2. The summed E-state index contributed by atoms with van der Waals surface area (Å²) in [5.41, 5.74) is 21.1. The number of nitrogens with zero attached hydrogens (tertiary/aromatic N) is 8. The second kappa shape index (κ2) is 28.6. The van der Waals surface area contributed by atoms with E-state index in [0.717, 1.165) is 94.4 Å². The molecule has 1 amide bonds. The molecule has 0 radical (unpaired) electrons. The molecule has 0 saturated carbocycles. The zero-order valence-corrected chi connectivity index (χ0v) is 57.1. The van der Waals surface area contributed by atoms with Crippen molar-refractivity contribution >= 4 is 56.5 Å². The van der Waals surface area contributed by atoms with Gasteiger partial charge in [0.1, 0.15) is 33.9 Å². The number of carbonyl (C=O) groups excluding carboxylic acids is 2. The van der Waals surface area contributed by atoms with E-state index in [9.17, 15) is 19.2 Å². The van der Waals surface area contributed by atoms with Gasteiger partial charge in [0.2, 0.25) is 11.1 Å². The van der Waals surface area contributed by atoms with Crippen LogP contribution in [0.2, 0.25) is 0 Å². The lowest BCUT2D eigenvalue weighted by Crippen LogP contribution is -2.38. The Hall–Kier alpha value is -12.7. The molecule has 15 nitrogen and oxygen atoms in total. The fourth-order valence-electron chi connectivity index (χ4n) is 14.1. The van der Waals surface area contributed by atoms with E-state index in [0.29, 0.717) is 35.6 Å². The van der Waals surface area contributed by atoms with Gasteiger partial charge < -0.3 is 24.9 Å². The molecule has 14 aromatic rings. The van der Waals surface area contributed by atoms with E-state index in [4.69, 9.17) is 25.7 Å². The molecule has 0 aliphatic carbocycles. The van der Waals surface area contributed by atoms with Gasteiger partial charge in [-0.25, -0.2) is 24.1 Å². The molecule has 15 heteroatoms. The summed E-state index contributed by atoms with van der Waals surface area (Å²) in [5, 5.41) is 15.7. The minimum atomic E-state index is -0.875. The Bertz CT molecular complexity index is 5370. The molecule has 102 heavy (non-hydrogen) atoms. The van der Waals surface area contributed by atoms with E-state index >= 15 is 0 Å². The third kappa shape index (κ3) is 12.6. The zero-order valence-electron chi connectivity index (χ0n) is 57.1. The summed E-state index contributed by atoms with van der Waals surface area (Å²) in [5.74, 6) is -0.624. The van der Waals surface area contributed by atoms with Crippen LogP contribution in [-0.4, -0.2) is 59.1 Å². The van der Waals surface area contributed by atoms with Crippen LogP contribution in [-0.2, 0) is 52.3 Å². The van der Waals surface area contributed by atoms with E-state index in [1.54, 1.807) is 47.6 Å². The van der Waals surface area contributed by atoms with Gasteiger partial charge in [0, 0.05) is 79.4 Å². The molecule has 6 heterocycles. The number of amides is 1. The number of benzene rings is 10. The highest BCUT2D eigenvalue weighted by atomic mass is 16.5. The molecule has 0 saturated heterocycles. The van der Waals surface area contributed by atoms with E-state index < -0.39 is 17.0 Å². The lowest BCUT2D eigenvalue weighted by atomic mass is 9.77. The molecule has 0 fully saturated rings. The van der Waals surface area contributed by atoms with Gasteiger partial charge in [0.15, 0.2) is 0 Å². The Morgan fingerprint density at radius 1 is 0.441 bits per heavy atom. The van der Waals surface area contributed by atoms with Crippen molar-refractivity contribution in [1.82, 2.24) is 34.0 Å². The number of nitrogens with two attached hydrogens (primary N) is 1. The number of rotatable bonds is 15. The molecule has 3 N–H and O–H groups in total. The second-order valence-corrected chi connectivity index (χ2v) is 25.6. The minimum absolute atomic E-state index is 0.101. The van der Waals surface area contributed by atoms with E-state index in [-0.39, 0.29) is 29.1 Å². The summed E-state index contributed by atoms with van der Waals surface area (Å²) in [7, 11) is 4.85. The molecule has 2 aliphatic rings. The first-order valence-electron chi connectivity index (χ1n) is 33.9. The average Bonchev–Trinajstić information content (AvgIpc) is 1.51. The number of carbonyl (C=O) groups is 2. The normalized spacial score (nSPS) is 12.9. The van der Waals surface area contributed by atoms with Gasteiger partial charge >= 0.3 is 5.97 Å². The largest absolute Gasteiger partial charge is 0.465 e. The highest BCUT2D eigenvalue weighted by Gasteiger charge is 2.43. The highest BCUT2D eigenvalue weighted by Crippen LogP contribution is 2.48. The van der Waals surface area contributed by atoms with Crippen LogP contribution >= 0.6 is 0 Å². The Morgan fingerprint density at radius 2 is 0.765 bits per heavy atom. The number of nitrogens with one attached hydrogen (secondary N) is 1. The van der Waals surface area contributed by atoms with Gasteiger partial charge in [0.25, 0.3) is 5.91 Å². The van der Waals surface area contributed by atoms with Crippen LogP contribution < -0.4 is 22.2 Å². The van der Waals surface area contributed by atoms with Crippen molar-refractivity contribution in [3.63, 3.8) is 0 Å². The molecular weight excluding hydrogens is 1270 g/mol. The van der Waals surface area contributed by atoms with Crippen molar-refractivity contribution in [1.29, 1.82) is 0 Å². The summed E-state index contributed by atoms with van der Waals surface area (Å²) in [6.45, 7) is 3.96. The van der Waals surface area contributed by atoms with E-state index in [1.165, 1.54) is 12.7 Å². The van der Waals surface area contributed by atoms with Crippen molar-refractivity contribution in [3.8, 4) is 22.5 Å². The van der Waals surface area contributed by atoms with Crippen molar-refractivity contribution in [2.45, 2.75) is 49.9 Å². The Kier molecular flexibility index (Phi) is 18.7. The van der Waals surface area contributed by atoms with Gasteiger partial charge in [0.05, 0.1) is 35.6 Å². The van der Waals surface area contributed by atoms with Crippen LogP contribution in [0.4, 0.5) is 11.4 Å². The summed E-state index contributed by atoms with van der Waals surface area (Å²) in [6.07, 6.45) is 4.39. The Labute approximate surface area is 590 Å². The van der Waals surface area contributed by atoms with E-state index in [2.05, 4.69) is 141 Å². The number of ether oxygens (including phenoxy) is 1. The van der Waals surface area contributed by atoms with Gasteiger partial charge in [-0.05, 0) is 106 Å². The predicted molar refractivity (Wildman–Crippen MR) is 406 cm³/mol. The molecule has 2 aliphatic heterocycles. The number of aliphatic imine (C=N–C) groups is 2. The Balaban J connectivity index is 0.000000155. The standard InChI is InChI=1S/C43H35N5O2.C36H28N4O3.C8H11N/c1-29(30-15-7-3-8-16-30)44-42(50)38-25-32-26-39-36(27-37(32)45-38)41(31-23-24-40(49)47(2)28-31)46-48(39)43(33-17-9-4-10-18-33,34-19-11-5-12-20-34)35-21-13-6-14-22-35;1-39-23-24(18-19-33(39)41)34-29-22-30-25(20-31(37-30)35(42)43-2)21-32(29)40(38-34)36(26-12-6-3-7-13-26,27-14-8-4-9-15-27)28-16-10-5-11-17-28;1-7(9)8-5-3-2-4-6-8/h3-24,26-29H,25H2,1-2H3,(H,44,50);3-19,21-23H,20H2,1-2H3;2-7H,9H2,1H3/t29-;;7-/m1.1/s1. The third-order valence-electron chi connectivity index (χ3n) is 19.1. The van der Waals surface area contributed by atoms with Gasteiger partial charge in [-0.15, -0.1) is 0 Å². The molecule has 4 aromatic heterocycles. The smallest absolute Gasteiger partial charge is 0.352 e. The maximum atomic E-state index is 13.6. The van der Waals surface area contributed by atoms with Crippen molar-refractivity contribution in [2.75, 3.05) is 7.11 Å². The first-order valence-corrected chi connectivity index (χ1v) is 33.9. The third-order valence-corrected chi connectivity index (χ3v) is 19.1. The number of aromatic nitrogens is 6. The highest BCUT2D eigenvalue weighted by molar-refractivity contribution is 6.41. The number of hydrogen-bond donors (Lipinski definition) is 2. The molecule has 0 spiro atoms. The summed E-state index contributed by atoms with van der Waals surface area (Å²) in [4.78, 5) is 60.4. The molecule has 0 bridgehead atoms. The Morgan fingerprint density at radius 3 is 1.09 bits per heavy atom. The molecular formula is C87H74N10O5. The predicted octanol–water partition coefficient (Wildman–Crippen LogP) is 15.5. The van der Waals surface area contributed by atoms with Gasteiger partial charge in [-0.1, -0.05) is 243 Å². The molecule has 2 atom stereocenters. The minimum Gasteiger partial charge on any atom is -0.465 e. The van der Waals surface area contributed by atoms with E-state index in [1.807, 2.05) is 172 Å². The summed E-state index contributed by atoms with van der Waals surface area (Å²) in [6, 6.07) is 97.4. The molecule has 502 valence electrons. The number of esters is 1. The van der Waals surface area contributed by atoms with Gasteiger partial charge in [-0.3, -0.25) is 14.4 Å². The number of pyridine rings is 2. The topological polar surface area (TPSA) is 186 Å². The maximum Gasteiger partial charge on any atom is 0.352 e. The summed E-state index contributed by atoms with van der Waals surface area (Å²) >= 11 is 0. The quantitative estimate of drug-likeness (QED) is 0.0750. The SMILES string of the molecule is COC(=O)C1=Nc2cc3c(-c4ccc(=O)n(C)c4)nn(C(c4ccccc4)(c4ccccc4)c4ccccc4)c3cc2C1.C[C@@H](N)c1ccccc1.C[C@@H](NC(=O)C1=Nc2cc3c(-c4ccc(=O)n(C)c4)nn(C(c4ccccc4)(c4ccccc4)c4ccccc4)c3cc2C1)c1ccccc1. The zero-order chi connectivity index (χ0) is 70.5. The van der Waals surface area contributed by atoms with Crippen LogP contribution in [0.1, 0.15) is 81.6 Å². The van der Waals surface area contributed by atoms with Crippen LogP contribution in [0.25, 0.3) is 44.3 Å².